The number of nitrogens with zero attached hydrogens (tertiary/aromatic N) is 2. The fourth-order valence-electron chi connectivity index (χ4n) is 3.32. The number of benzene rings is 1. The minimum absolute atomic E-state index is 0.102. The molecule has 0 spiro atoms. The number of hydrogen-bond acceptors (Lipinski definition) is 4. The highest BCUT2D eigenvalue weighted by atomic mass is 79.9. The Balaban J connectivity index is 1.72. The van der Waals surface area contributed by atoms with Gasteiger partial charge in [0.25, 0.3) is 11.1 Å². The number of rotatable bonds is 3. The molecule has 2 aliphatic heterocycles. The minimum atomic E-state index is -0.385. The largest absolute Gasteiger partial charge is 0.341 e. The second kappa shape index (κ2) is 6.92. The zero-order chi connectivity index (χ0) is 18.3. The van der Waals surface area contributed by atoms with Crippen LogP contribution in [0, 0.1) is 0 Å². The van der Waals surface area contributed by atoms with Crippen LogP contribution in [0.15, 0.2) is 33.8 Å². The van der Waals surface area contributed by atoms with Gasteiger partial charge in [-0.2, -0.15) is 0 Å². The van der Waals surface area contributed by atoms with E-state index >= 15 is 0 Å². The van der Waals surface area contributed by atoms with Gasteiger partial charge < -0.3 is 9.47 Å². The normalized spacial score (nSPS) is 19.0. The van der Waals surface area contributed by atoms with Gasteiger partial charge in [-0.3, -0.25) is 19.7 Å². The number of imide groups is 1. The Morgan fingerprint density at radius 2 is 2.04 bits per heavy atom. The van der Waals surface area contributed by atoms with E-state index < -0.39 is 0 Å². The summed E-state index contributed by atoms with van der Waals surface area (Å²) in [6, 6.07) is 5.83. The lowest BCUT2D eigenvalue weighted by Gasteiger charge is -2.16. The van der Waals surface area contributed by atoms with Crippen LogP contribution < -0.4 is 5.32 Å². The maximum atomic E-state index is 12.5. The zero-order valence-corrected chi connectivity index (χ0v) is 16.2. The quantitative estimate of drug-likeness (QED) is 0.753. The summed E-state index contributed by atoms with van der Waals surface area (Å²) in [5.41, 5.74) is 1.73. The van der Waals surface area contributed by atoms with E-state index in [1.807, 2.05) is 33.9 Å². The smallest absolute Gasteiger partial charge is 0.290 e. The van der Waals surface area contributed by atoms with E-state index in [1.165, 1.54) is 0 Å². The monoisotopic (exact) mass is 433 g/mol. The molecule has 2 aliphatic rings. The van der Waals surface area contributed by atoms with Gasteiger partial charge in [-0.1, -0.05) is 15.9 Å². The summed E-state index contributed by atoms with van der Waals surface area (Å²) in [7, 11) is 0. The highest BCUT2D eigenvalue weighted by Gasteiger charge is 2.26. The molecule has 2 fully saturated rings. The van der Waals surface area contributed by atoms with Gasteiger partial charge in [-0.15, -0.1) is 0 Å². The Morgan fingerprint density at radius 3 is 2.73 bits per heavy atom. The first-order chi connectivity index (χ1) is 12.5. The number of thioether (sulfide) groups is 1. The molecule has 0 aliphatic carbocycles. The highest BCUT2D eigenvalue weighted by Crippen LogP contribution is 2.31. The fourth-order valence-corrected chi connectivity index (χ4v) is 4.35. The summed E-state index contributed by atoms with van der Waals surface area (Å²) in [5.74, 6) is -0.284. The highest BCUT2D eigenvalue weighted by molar-refractivity contribution is 9.10. The van der Waals surface area contributed by atoms with Crippen LogP contribution in [0.25, 0.3) is 17.0 Å². The molecule has 2 saturated heterocycles. The van der Waals surface area contributed by atoms with Crippen LogP contribution in [-0.2, 0) is 16.1 Å². The van der Waals surface area contributed by atoms with Gasteiger partial charge in [0.1, 0.15) is 6.54 Å². The molecule has 0 saturated carbocycles. The summed E-state index contributed by atoms with van der Waals surface area (Å²) in [5, 5.41) is 2.82. The van der Waals surface area contributed by atoms with Gasteiger partial charge in [0.2, 0.25) is 5.91 Å². The number of carbonyl (C=O) groups excluding carboxylic acids is 3. The maximum absolute atomic E-state index is 12.5. The van der Waals surface area contributed by atoms with Crippen molar-refractivity contribution in [1.29, 1.82) is 0 Å². The molecule has 0 atom stereocenters. The second-order valence-corrected chi connectivity index (χ2v) is 8.24. The second-order valence-electron chi connectivity index (χ2n) is 6.31. The molecule has 1 N–H and O–H groups in total. The molecule has 6 nitrogen and oxygen atoms in total. The van der Waals surface area contributed by atoms with Crippen molar-refractivity contribution in [2.45, 2.75) is 19.4 Å². The minimum Gasteiger partial charge on any atom is -0.341 e. The Bertz CT molecular complexity index is 960. The average Bonchev–Trinajstić information content (AvgIpc) is 3.29. The van der Waals surface area contributed by atoms with E-state index in [4.69, 9.17) is 0 Å². The molecule has 2 aromatic rings. The molecule has 1 aromatic carbocycles. The number of amides is 3. The lowest BCUT2D eigenvalue weighted by Crippen LogP contribution is -2.30. The molecule has 0 unspecified atom stereocenters. The molecule has 3 amide bonds. The Hall–Kier alpha value is -2.06. The Kier molecular flexibility index (Phi) is 4.62. The van der Waals surface area contributed by atoms with Crippen LogP contribution in [0.5, 0.6) is 0 Å². The number of carbonyl (C=O) groups is 3. The number of fused-ring (bicyclic) bond motifs is 1. The summed E-state index contributed by atoms with van der Waals surface area (Å²) in [6.45, 7) is 1.90. The summed E-state index contributed by atoms with van der Waals surface area (Å²) < 4.78 is 2.82. The summed E-state index contributed by atoms with van der Waals surface area (Å²) >= 11 is 4.36. The lowest BCUT2D eigenvalue weighted by molar-refractivity contribution is -0.130. The van der Waals surface area contributed by atoms with Crippen molar-refractivity contribution in [2.75, 3.05) is 13.1 Å². The molecular weight excluding hydrogens is 418 g/mol. The van der Waals surface area contributed by atoms with Crippen molar-refractivity contribution in [3.05, 3.63) is 39.3 Å². The predicted molar refractivity (Wildman–Crippen MR) is 105 cm³/mol. The Labute approximate surface area is 162 Å². The van der Waals surface area contributed by atoms with E-state index in [0.717, 1.165) is 58.6 Å². The topological polar surface area (TPSA) is 71.4 Å². The third-order valence-corrected chi connectivity index (χ3v) is 5.87. The number of nitrogens with one attached hydrogen (secondary N) is 1. The first-order valence-corrected chi connectivity index (χ1v) is 9.93. The van der Waals surface area contributed by atoms with Crippen molar-refractivity contribution in [3.63, 3.8) is 0 Å². The molecule has 3 heterocycles. The number of likely N-dealkylation sites (tertiary alicyclic amines) is 1. The first-order valence-electron chi connectivity index (χ1n) is 8.32. The van der Waals surface area contributed by atoms with Crippen molar-refractivity contribution in [2.24, 2.45) is 0 Å². The van der Waals surface area contributed by atoms with Crippen molar-refractivity contribution in [3.8, 4) is 0 Å². The van der Waals surface area contributed by atoms with E-state index in [0.29, 0.717) is 4.91 Å². The van der Waals surface area contributed by atoms with Crippen LogP contribution in [0.3, 0.4) is 0 Å². The van der Waals surface area contributed by atoms with Crippen LogP contribution >= 0.6 is 27.7 Å². The predicted octanol–water partition coefficient (Wildman–Crippen LogP) is 3.35. The van der Waals surface area contributed by atoms with E-state index in [-0.39, 0.29) is 23.6 Å². The molecular formula is C18H16BrN3O3S. The molecule has 0 bridgehead atoms. The van der Waals surface area contributed by atoms with Crippen LogP contribution in [0.1, 0.15) is 18.4 Å². The number of hydrogen-bond donors (Lipinski definition) is 1. The summed E-state index contributed by atoms with van der Waals surface area (Å²) in [6.07, 6.45) is 5.69. The van der Waals surface area contributed by atoms with Gasteiger partial charge in [-0.25, -0.2) is 0 Å². The fraction of sp³-hybridized carbons (Fsp3) is 0.278. The van der Waals surface area contributed by atoms with Gasteiger partial charge in [0.15, 0.2) is 0 Å². The molecule has 134 valence electrons. The molecule has 8 heteroatoms. The van der Waals surface area contributed by atoms with Crippen LogP contribution in [0.4, 0.5) is 4.79 Å². The third-order valence-electron chi connectivity index (χ3n) is 4.57. The molecule has 4 rings (SSSR count). The molecule has 0 radical (unpaired) electrons. The zero-order valence-electron chi connectivity index (χ0n) is 13.8. The van der Waals surface area contributed by atoms with Gasteiger partial charge in [-0.05, 0) is 48.9 Å². The van der Waals surface area contributed by atoms with Gasteiger partial charge in [0, 0.05) is 40.2 Å². The van der Waals surface area contributed by atoms with Crippen LogP contribution in [-0.4, -0.2) is 39.6 Å². The molecule has 1 aromatic heterocycles. The standard InChI is InChI=1S/C18H16BrN3O3S/c19-12-3-4-14-13(8-12)11(7-15-17(24)20-18(25)26-15)9-22(14)10-16(23)21-5-1-2-6-21/h3-4,7-9H,1-2,5-6,10H2,(H,20,24,25)/b15-7-. The van der Waals surface area contributed by atoms with E-state index in [1.54, 1.807) is 6.08 Å². The number of halogens is 1. The Morgan fingerprint density at radius 1 is 1.27 bits per heavy atom. The average molecular weight is 434 g/mol. The van der Waals surface area contributed by atoms with Crippen molar-refractivity contribution in [1.82, 2.24) is 14.8 Å². The third kappa shape index (κ3) is 3.31. The van der Waals surface area contributed by atoms with E-state index in [2.05, 4.69) is 21.2 Å². The maximum Gasteiger partial charge on any atom is 0.290 e. The van der Waals surface area contributed by atoms with Crippen molar-refractivity contribution >= 4 is 61.7 Å². The lowest BCUT2D eigenvalue weighted by atomic mass is 10.1. The first kappa shape index (κ1) is 17.4. The molecule has 26 heavy (non-hydrogen) atoms. The van der Waals surface area contributed by atoms with Crippen LogP contribution in [0.2, 0.25) is 0 Å². The summed E-state index contributed by atoms with van der Waals surface area (Å²) in [4.78, 5) is 38.0. The SMILES string of the molecule is O=C1NC(=O)/C(=C/c2cn(CC(=O)N3CCCC3)c3ccc(Br)cc23)S1. The van der Waals surface area contributed by atoms with Gasteiger partial charge in [0.05, 0.1) is 4.91 Å². The number of aromatic nitrogens is 1. The van der Waals surface area contributed by atoms with Crippen molar-refractivity contribution < 1.29 is 14.4 Å². The van der Waals surface area contributed by atoms with Gasteiger partial charge >= 0.3 is 0 Å². The van der Waals surface area contributed by atoms with E-state index in [9.17, 15) is 14.4 Å².